The predicted octanol–water partition coefficient (Wildman–Crippen LogP) is 5.87. The van der Waals surface area contributed by atoms with Gasteiger partial charge in [0.15, 0.2) is 0 Å². The van der Waals surface area contributed by atoms with Crippen LogP contribution in [0.1, 0.15) is 30.9 Å². The molecule has 1 amide bonds. The molecule has 2 aromatic carbocycles. The summed E-state index contributed by atoms with van der Waals surface area (Å²) in [5.41, 5.74) is 4.16. The maximum absolute atomic E-state index is 13.2. The van der Waals surface area contributed by atoms with Gasteiger partial charge in [-0.25, -0.2) is 4.79 Å². The predicted molar refractivity (Wildman–Crippen MR) is 130 cm³/mol. The maximum atomic E-state index is 13.2. The lowest BCUT2D eigenvalue weighted by molar-refractivity contribution is -0.185. The molecule has 1 aliphatic heterocycles. The molecule has 1 heterocycles. The summed E-state index contributed by atoms with van der Waals surface area (Å²) < 4.78 is 44.4. The monoisotopic (exact) mass is 508 g/mol. The summed E-state index contributed by atoms with van der Waals surface area (Å²) in [6.45, 7) is 2.03. The van der Waals surface area contributed by atoms with Crippen LogP contribution in [0.25, 0.3) is 0 Å². The van der Waals surface area contributed by atoms with Gasteiger partial charge in [-0.3, -0.25) is 4.79 Å². The third kappa shape index (κ3) is 7.24. The molecule has 0 atom stereocenters. The number of amides is 1. The summed E-state index contributed by atoms with van der Waals surface area (Å²) in [7, 11) is 0. The molecule has 0 fully saturated rings. The first-order chi connectivity index (χ1) is 16.7. The van der Waals surface area contributed by atoms with Gasteiger partial charge in [-0.15, -0.1) is 0 Å². The van der Waals surface area contributed by atoms with Crippen LogP contribution in [0.3, 0.4) is 0 Å². The summed E-state index contributed by atoms with van der Waals surface area (Å²) in [5.74, 6) is -2.46. The molecule has 9 heteroatoms. The summed E-state index contributed by atoms with van der Waals surface area (Å²) in [4.78, 5) is 26.3. The Labute approximate surface area is 208 Å². The first-order valence-electron chi connectivity index (χ1n) is 11.5. The van der Waals surface area contributed by atoms with Gasteiger partial charge in [0.1, 0.15) is 0 Å². The number of carbonyl (C=O) groups excluding carboxylic acids is 2. The molecule has 0 radical (unpaired) electrons. The van der Waals surface area contributed by atoms with E-state index in [1.807, 2.05) is 42.5 Å². The van der Waals surface area contributed by atoms with Crippen molar-refractivity contribution in [1.82, 2.24) is 4.90 Å². The summed E-state index contributed by atoms with van der Waals surface area (Å²) in [5, 5.41) is 0.579. The molecular formula is C26H28ClF3N2O3. The fourth-order valence-corrected chi connectivity index (χ4v) is 4.31. The minimum absolute atomic E-state index is 0.0832. The van der Waals surface area contributed by atoms with E-state index in [2.05, 4.69) is 4.90 Å². The van der Waals surface area contributed by atoms with Crippen LogP contribution >= 0.6 is 11.6 Å². The third-order valence-electron chi connectivity index (χ3n) is 5.73. The van der Waals surface area contributed by atoms with Crippen LogP contribution in [0.15, 0.2) is 54.6 Å². The molecule has 5 nitrogen and oxygen atoms in total. The van der Waals surface area contributed by atoms with Crippen LogP contribution < -0.4 is 4.90 Å². The lowest BCUT2D eigenvalue weighted by Crippen LogP contribution is -2.42. The molecule has 0 spiro atoms. The number of para-hydroxylation sites is 1. The minimum atomic E-state index is -4.97. The van der Waals surface area contributed by atoms with E-state index in [1.54, 1.807) is 6.92 Å². The van der Waals surface area contributed by atoms with E-state index in [4.69, 9.17) is 16.3 Å². The van der Waals surface area contributed by atoms with Gasteiger partial charge in [0.25, 0.3) is 0 Å². The van der Waals surface area contributed by atoms with Crippen molar-refractivity contribution in [3.63, 3.8) is 0 Å². The maximum Gasteiger partial charge on any atom is 0.471 e. The molecule has 1 aliphatic rings. The number of esters is 1. The average Bonchev–Trinajstić information content (AvgIpc) is 2.96. The molecule has 188 valence electrons. The Morgan fingerprint density at radius 1 is 1.09 bits per heavy atom. The number of alkyl halides is 3. The third-order valence-corrected chi connectivity index (χ3v) is 5.97. The zero-order chi connectivity index (χ0) is 25.4. The number of hydrogen-bond donors (Lipinski definition) is 0. The molecule has 0 saturated heterocycles. The molecular weight excluding hydrogens is 481 g/mol. The van der Waals surface area contributed by atoms with Crippen molar-refractivity contribution in [1.29, 1.82) is 0 Å². The van der Waals surface area contributed by atoms with Gasteiger partial charge in [0.2, 0.25) is 0 Å². The smallest absolute Gasteiger partial charge is 0.463 e. The Kier molecular flexibility index (Phi) is 9.20. The second-order valence-electron chi connectivity index (χ2n) is 8.14. The molecule has 3 rings (SSSR count). The SMILES string of the molecule is CCOC(=O)/C=C/CCN(CCCN1c2ccccc2CCc2ccc(Cl)cc21)C(=O)C(F)(F)F. The first kappa shape index (κ1) is 26.6. The van der Waals surface area contributed by atoms with Crippen LogP contribution in [0.4, 0.5) is 24.5 Å². The van der Waals surface area contributed by atoms with Crippen LogP contribution in [0, 0.1) is 0 Å². The fraction of sp³-hybridized carbons (Fsp3) is 0.385. The molecule has 35 heavy (non-hydrogen) atoms. The molecule has 2 aromatic rings. The van der Waals surface area contributed by atoms with Gasteiger partial charge in [0.05, 0.1) is 6.61 Å². The van der Waals surface area contributed by atoms with E-state index in [0.29, 0.717) is 18.0 Å². The van der Waals surface area contributed by atoms with Gasteiger partial charge in [-0.1, -0.05) is 41.9 Å². The number of fused-ring (bicyclic) bond motifs is 2. The Balaban J connectivity index is 1.74. The number of benzene rings is 2. The van der Waals surface area contributed by atoms with Gasteiger partial charge >= 0.3 is 18.1 Å². The highest BCUT2D eigenvalue weighted by atomic mass is 35.5. The number of nitrogens with zero attached hydrogens (tertiary/aromatic N) is 2. The lowest BCUT2D eigenvalue weighted by Gasteiger charge is -2.29. The standard InChI is InChI=1S/C26H28ClF3N2O3/c1-2-35-24(33)10-5-6-15-31(25(34)26(28,29)30)16-7-17-32-22-9-4-3-8-19(22)11-12-20-13-14-21(27)18-23(20)32/h3-5,8-10,13-14,18H,2,6-7,11-12,15-17H2,1H3/b10-5+. The van der Waals surface area contributed by atoms with E-state index in [0.717, 1.165) is 46.3 Å². The van der Waals surface area contributed by atoms with Crippen LogP contribution in [-0.2, 0) is 27.2 Å². The highest BCUT2D eigenvalue weighted by Gasteiger charge is 2.42. The van der Waals surface area contributed by atoms with Gasteiger partial charge in [-0.05, 0) is 61.9 Å². The highest BCUT2D eigenvalue weighted by molar-refractivity contribution is 6.30. The Hall–Kier alpha value is -3.00. The zero-order valence-corrected chi connectivity index (χ0v) is 20.2. The van der Waals surface area contributed by atoms with Crippen molar-refractivity contribution in [2.45, 2.75) is 38.8 Å². The molecule has 0 saturated carbocycles. The zero-order valence-electron chi connectivity index (χ0n) is 19.5. The van der Waals surface area contributed by atoms with E-state index >= 15 is 0 Å². The van der Waals surface area contributed by atoms with Crippen molar-refractivity contribution in [2.24, 2.45) is 0 Å². The quantitative estimate of drug-likeness (QED) is 0.314. The minimum Gasteiger partial charge on any atom is -0.463 e. The first-order valence-corrected chi connectivity index (χ1v) is 11.9. The Morgan fingerprint density at radius 3 is 2.51 bits per heavy atom. The van der Waals surface area contributed by atoms with Crippen molar-refractivity contribution in [3.05, 3.63) is 70.8 Å². The van der Waals surface area contributed by atoms with Gasteiger partial charge < -0.3 is 14.5 Å². The second-order valence-corrected chi connectivity index (χ2v) is 8.58. The van der Waals surface area contributed by atoms with Crippen LogP contribution in [0.5, 0.6) is 0 Å². The van der Waals surface area contributed by atoms with E-state index in [-0.39, 0.29) is 26.1 Å². The van der Waals surface area contributed by atoms with Crippen molar-refractivity contribution < 1.29 is 27.5 Å². The second kappa shape index (κ2) is 12.1. The average molecular weight is 509 g/mol. The molecule has 0 aliphatic carbocycles. The summed E-state index contributed by atoms with van der Waals surface area (Å²) >= 11 is 6.27. The number of ether oxygens (including phenoxy) is 1. The molecule has 0 bridgehead atoms. The van der Waals surface area contributed by atoms with E-state index in [9.17, 15) is 22.8 Å². The topological polar surface area (TPSA) is 49.9 Å². The van der Waals surface area contributed by atoms with Gasteiger partial charge in [0, 0.05) is 42.1 Å². The van der Waals surface area contributed by atoms with Crippen LogP contribution in [-0.4, -0.2) is 49.2 Å². The van der Waals surface area contributed by atoms with Crippen molar-refractivity contribution in [2.75, 3.05) is 31.1 Å². The number of hydrogen-bond acceptors (Lipinski definition) is 4. The number of aryl methyl sites for hydroxylation is 2. The van der Waals surface area contributed by atoms with E-state index in [1.165, 1.54) is 6.08 Å². The number of halogens is 4. The molecule has 0 unspecified atom stereocenters. The lowest BCUT2D eigenvalue weighted by atomic mass is 10.0. The van der Waals surface area contributed by atoms with E-state index < -0.39 is 18.1 Å². The Morgan fingerprint density at radius 2 is 1.80 bits per heavy atom. The molecule has 0 aromatic heterocycles. The summed E-state index contributed by atoms with van der Waals surface area (Å²) in [6.07, 6.45) is -0.319. The summed E-state index contributed by atoms with van der Waals surface area (Å²) in [6, 6.07) is 13.6. The fourth-order valence-electron chi connectivity index (χ4n) is 4.14. The molecule has 0 N–H and O–H groups in total. The number of carbonyl (C=O) groups is 2. The van der Waals surface area contributed by atoms with Crippen LogP contribution in [0.2, 0.25) is 5.02 Å². The Bertz CT molecular complexity index is 1070. The number of rotatable bonds is 9. The van der Waals surface area contributed by atoms with Crippen molar-refractivity contribution >= 4 is 34.9 Å². The largest absolute Gasteiger partial charge is 0.471 e. The highest BCUT2D eigenvalue weighted by Crippen LogP contribution is 2.37. The normalized spacial score (nSPS) is 13.2. The van der Waals surface area contributed by atoms with Gasteiger partial charge in [-0.2, -0.15) is 13.2 Å². The number of anilines is 2. The van der Waals surface area contributed by atoms with Crippen molar-refractivity contribution in [3.8, 4) is 0 Å².